The van der Waals surface area contributed by atoms with Gasteiger partial charge in [0.15, 0.2) is 5.76 Å². The Hall–Kier alpha value is -4.23. The zero-order valence-electron chi connectivity index (χ0n) is 18.8. The van der Waals surface area contributed by atoms with Crippen LogP contribution in [0.5, 0.6) is 0 Å². The molecule has 34 heavy (non-hydrogen) atoms. The predicted molar refractivity (Wildman–Crippen MR) is 136 cm³/mol. The van der Waals surface area contributed by atoms with Crippen molar-refractivity contribution in [1.82, 2.24) is 9.88 Å². The number of hydrogen-bond donors (Lipinski definition) is 1. The van der Waals surface area contributed by atoms with Crippen molar-refractivity contribution >= 4 is 27.6 Å². The molecule has 1 aliphatic heterocycles. The second-order valence-corrected chi connectivity index (χ2v) is 9.08. The molecule has 4 aromatic rings. The highest BCUT2D eigenvalue weighted by molar-refractivity contribution is 5.99. The third kappa shape index (κ3) is 2.64. The van der Waals surface area contributed by atoms with Crippen LogP contribution in [0.4, 0.5) is 0 Å². The smallest absolute Gasteiger partial charge is 0.155 e. The molecule has 0 atom stereocenters. The highest BCUT2D eigenvalue weighted by Gasteiger charge is 2.31. The number of nitriles is 1. The summed E-state index contributed by atoms with van der Waals surface area (Å²) in [6.07, 6.45) is 12.3. The quantitative estimate of drug-likeness (QED) is 0.379. The van der Waals surface area contributed by atoms with E-state index in [1.54, 1.807) is 0 Å². The molecule has 3 aliphatic rings. The van der Waals surface area contributed by atoms with E-state index in [-0.39, 0.29) is 0 Å². The maximum Gasteiger partial charge on any atom is 0.155 e. The second kappa shape index (κ2) is 7.40. The van der Waals surface area contributed by atoms with Gasteiger partial charge in [0.1, 0.15) is 11.7 Å². The molecule has 1 N–H and O–H groups in total. The van der Waals surface area contributed by atoms with E-state index in [1.165, 1.54) is 38.8 Å². The lowest BCUT2D eigenvalue weighted by molar-refractivity contribution is 0.616. The molecular formula is C30H23N3O. The third-order valence-electron chi connectivity index (χ3n) is 7.30. The molecule has 4 nitrogen and oxygen atoms in total. The van der Waals surface area contributed by atoms with Gasteiger partial charge in [-0.05, 0) is 43.4 Å². The van der Waals surface area contributed by atoms with Gasteiger partial charge in [0.2, 0.25) is 0 Å². The van der Waals surface area contributed by atoms with Gasteiger partial charge < -0.3 is 14.3 Å². The minimum Gasteiger partial charge on any atom is -0.454 e. The number of para-hydroxylation sites is 2. The number of nitrogens with one attached hydrogen (secondary N) is 1. The van der Waals surface area contributed by atoms with E-state index in [9.17, 15) is 5.26 Å². The first kappa shape index (κ1) is 19.3. The van der Waals surface area contributed by atoms with Crippen molar-refractivity contribution in [3.05, 3.63) is 101 Å². The first-order chi connectivity index (χ1) is 16.8. The van der Waals surface area contributed by atoms with E-state index in [1.807, 2.05) is 12.3 Å². The van der Waals surface area contributed by atoms with Crippen molar-refractivity contribution in [3.8, 4) is 17.5 Å². The molecule has 0 unspecified atom stereocenters. The van der Waals surface area contributed by atoms with Crippen molar-refractivity contribution in [3.63, 3.8) is 0 Å². The predicted octanol–water partition coefficient (Wildman–Crippen LogP) is 6.65. The van der Waals surface area contributed by atoms with E-state index in [0.29, 0.717) is 5.57 Å². The first-order valence-electron chi connectivity index (χ1n) is 11.9. The maximum atomic E-state index is 9.82. The molecule has 0 spiro atoms. The van der Waals surface area contributed by atoms with Gasteiger partial charge in [-0.25, -0.2) is 0 Å². The highest BCUT2D eigenvalue weighted by Crippen LogP contribution is 2.47. The Morgan fingerprint density at radius 3 is 2.68 bits per heavy atom. The molecule has 0 amide bonds. The van der Waals surface area contributed by atoms with Crippen LogP contribution in [0.3, 0.4) is 0 Å². The lowest BCUT2D eigenvalue weighted by Crippen LogP contribution is -2.15. The third-order valence-corrected chi connectivity index (χ3v) is 7.30. The molecule has 0 radical (unpaired) electrons. The summed E-state index contributed by atoms with van der Waals surface area (Å²) in [5, 5.41) is 15.5. The van der Waals surface area contributed by atoms with Crippen LogP contribution in [-0.2, 0) is 12.8 Å². The fraction of sp³-hybridized carbons (Fsp3) is 0.167. The summed E-state index contributed by atoms with van der Waals surface area (Å²) < 4.78 is 8.98. The Labute approximate surface area is 197 Å². The van der Waals surface area contributed by atoms with Crippen molar-refractivity contribution in [2.75, 3.05) is 6.54 Å². The average molecular weight is 442 g/mol. The van der Waals surface area contributed by atoms with Crippen molar-refractivity contribution in [1.29, 1.82) is 5.26 Å². The summed E-state index contributed by atoms with van der Waals surface area (Å²) in [4.78, 5) is 0. The lowest BCUT2D eigenvalue weighted by atomic mass is 9.90. The number of hydrogen-bond acceptors (Lipinski definition) is 3. The number of dihydropyridines is 1. The second-order valence-electron chi connectivity index (χ2n) is 9.08. The summed E-state index contributed by atoms with van der Waals surface area (Å²) in [6, 6.07) is 19.5. The zero-order valence-corrected chi connectivity index (χ0v) is 18.8. The zero-order chi connectivity index (χ0) is 22.6. The summed E-state index contributed by atoms with van der Waals surface area (Å²) in [5.74, 6) is 0.996. The van der Waals surface area contributed by atoms with E-state index in [2.05, 4.69) is 76.6 Å². The number of furan rings is 1. The molecule has 164 valence electrons. The fourth-order valence-electron chi connectivity index (χ4n) is 5.85. The summed E-state index contributed by atoms with van der Waals surface area (Å²) in [7, 11) is 0. The number of allylic oxidation sites excluding steroid dienone is 6. The SMILES string of the molecule is N#CC1=CNCC=C1C1=C(n2c3c(c4ccccc42)CCc2c-3oc3ccccc23)CCC=C1. The van der Waals surface area contributed by atoms with Crippen molar-refractivity contribution in [2.45, 2.75) is 25.7 Å². The molecule has 2 aromatic heterocycles. The first-order valence-corrected chi connectivity index (χ1v) is 11.9. The van der Waals surface area contributed by atoms with Gasteiger partial charge in [0.25, 0.3) is 0 Å². The maximum absolute atomic E-state index is 9.82. The van der Waals surface area contributed by atoms with E-state index >= 15 is 0 Å². The van der Waals surface area contributed by atoms with Crippen LogP contribution >= 0.6 is 0 Å². The topological polar surface area (TPSA) is 53.9 Å². The molecule has 0 saturated carbocycles. The number of rotatable bonds is 2. The van der Waals surface area contributed by atoms with Crippen LogP contribution in [0.2, 0.25) is 0 Å². The van der Waals surface area contributed by atoms with E-state index < -0.39 is 0 Å². The van der Waals surface area contributed by atoms with Crippen molar-refractivity contribution < 1.29 is 4.42 Å². The van der Waals surface area contributed by atoms with Gasteiger partial charge >= 0.3 is 0 Å². The van der Waals surface area contributed by atoms with Gasteiger partial charge in [-0.1, -0.05) is 54.6 Å². The number of nitrogens with zero attached hydrogens (tertiary/aromatic N) is 2. The Morgan fingerprint density at radius 2 is 1.76 bits per heavy atom. The van der Waals surface area contributed by atoms with Gasteiger partial charge in [0.05, 0.1) is 16.8 Å². The number of benzene rings is 2. The molecule has 7 rings (SSSR count). The molecule has 3 heterocycles. The molecule has 2 aliphatic carbocycles. The van der Waals surface area contributed by atoms with Crippen LogP contribution in [0.25, 0.3) is 39.0 Å². The monoisotopic (exact) mass is 441 g/mol. The Bertz CT molecular complexity index is 1660. The van der Waals surface area contributed by atoms with Gasteiger partial charge in [-0.2, -0.15) is 5.26 Å². The van der Waals surface area contributed by atoms with Gasteiger partial charge in [-0.3, -0.25) is 0 Å². The normalized spacial score (nSPS) is 17.1. The van der Waals surface area contributed by atoms with Crippen LogP contribution in [0, 0.1) is 11.3 Å². The summed E-state index contributed by atoms with van der Waals surface area (Å²) in [5.41, 5.74) is 10.1. The largest absolute Gasteiger partial charge is 0.454 e. The number of aromatic nitrogens is 1. The molecule has 0 fully saturated rings. The van der Waals surface area contributed by atoms with Crippen LogP contribution in [-0.4, -0.2) is 11.1 Å². The number of aryl methyl sites for hydroxylation is 2. The van der Waals surface area contributed by atoms with Crippen molar-refractivity contribution in [2.24, 2.45) is 0 Å². The Kier molecular flexibility index (Phi) is 4.19. The average Bonchev–Trinajstić information content (AvgIpc) is 3.44. The molecule has 4 heteroatoms. The van der Waals surface area contributed by atoms with E-state index in [4.69, 9.17) is 4.42 Å². The fourth-order valence-corrected chi connectivity index (χ4v) is 5.85. The standard InChI is InChI=1S/C30H23N3O/c31-17-19-18-32-16-15-20(19)21-7-1-4-10-26(21)33-27-11-5-2-8-22(27)24-13-14-25-23-9-3-6-12-28(23)34-30(25)29(24)33/h1-3,5-9,11-12,15,18,32H,4,10,13-14,16H2. The van der Waals surface area contributed by atoms with Gasteiger partial charge in [-0.15, -0.1) is 0 Å². The Balaban J connectivity index is 1.58. The lowest BCUT2D eigenvalue weighted by Gasteiger charge is -2.24. The Morgan fingerprint density at radius 1 is 0.941 bits per heavy atom. The van der Waals surface area contributed by atoms with Crippen LogP contribution in [0.1, 0.15) is 24.0 Å². The van der Waals surface area contributed by atoms with Crippen LogP contribution in [0.15, 0.2) is 94.1 Å². The minimum atomic E-state index is 0.681. The van der Waals surface area contributed by atoms with Crippen LogP contribution < -0.4 is 5.32 Å². The number of fused-ring (bicyclic) bond motifs is 7. The van der Waals surface area contributed by atoms with E-state index in [0.717, 1.165) is 54.7 Å². The molecular weight excluding hydrogens is 418 g/mol. The highest BCUT2D eigenvalue weighted by atomic mass is 16.3. The summed E-state index contributed by atoms with van der Waals surface area (Å²) >= 11 is 0. The molecule has 2 aromatic carbocycles. The molecule has 0 saturated heterocycles. The summed E-state index contributed by atoms with van der Waals surface area (Å²) in [6.45, 7) is 0.726. The van der Waals surface area contributed by atoms with Gasteiger partial charge in [0, 0.05) is 45.9 Å². The minimum absolute atomic E-state index is 0.681. The molecule has 0 bridgehead atoms.